The van der Waals surface area contributed by atoms with Crippen LogP contribution in [0, 0.1) is 5.92 Å². The number of H-pyrrole nitrogens is 1. The van der Waals surface area contributed by atoms with Crippen LogP contribution in [0.25, 0.3) is 0 Å². The average molecular weight is 253 g/mol. The molecule has 0 bridgehead atoms. The third kappa shape index (κ3) is 4.99. The number of rotatable bonds is 7. The van der Waals surface area contributed by atoms with Crippen molar-refractivity contribution in [2.24, 2.45) is 5.92 Å². The first kappa shape index (κ1) is 14.2. The molecule has 100 valence electrons. The largest absolute Gasteiger partial charge is 0.481 e. The number of aromatic nitrogens is 2. The van der Waals surface area contributed by atoms with Gasteiger partial charge in [0.05, 0.1) is 0 Å². The summed E-state index contributed by atoms with van der Waals surface area (Å²) in [6.07, 6.45) is 1.43. The van der Waals surface area contributed by atoms with Crippen molar-refractivity contribution in [3.05, 3.63) is 22.2 Å². The summed E-state index contributed by atoms with van der Waals surface area (Å²) in [6, 6.07) is 1.41. The van der Waals surface area contributed by atoms with Gasteiger partial charge in [0.25, 0.3) is 5.56 Å². The monoisotopic (exact) mass is 253 g/mol. The quantitative estimate of drug-likeness (QED) is 0.679. The van der Waals surface area contributed by atoms with Gasteiger partial charge in [-0.2, -0.15) is 0 Å². The number of aromatic amines is 1. The van der Waals surface area contributed by atoms with Crippen LogP contribution in [0.1, 0.15) is 32.5 Å². The zero-order chi connectivity index (χ0) is 13.5. The van der Waals surface area contributed by atoms with Crippen LogP contribution in [-0.2, 0) is 11.2 Å². The first-order valence-corrected chi connectivity index (χ1v) is 6.07. The predicted molar refractivity (Wildman–Crippen MR) is 68.8 cm³/mol. The lowest BCUT2D eigenvalue weighted by atomic mass is 10.1. The molecular weight excluding hydrogens is 234 g/mol. The number of nitrogens with zero attached hydrogens (tertiary/aromatic N) is 1. The van der Waals surface area contributed by atoms with Gasteiger partial charge in [-0.15, -0.1) is 0 Å². The Hall–Kier alpha value is -1.85. The Kier molecular flexibility index (Phi) is 5.35. The third-order valence-corrected chi connectivity index (χ3v) is 2.61. The van der Waals surface area contributed by atoms with E-state index in [2.05, 4.69) is 15.3 Å². The number of carbonyl (C=O) groups is 1. The van der Waals surface area contributed by atoms with E-state index in [1.54, 1.807) is 0 Å². The molecule has 1 aromatic heterocycles. The van der Waals surface area contributed by atoms with Crippen molar-refractivity contribution < 1.29 is 9.90 Å². The van der Waals surface area contributed by atoms with E-state index >= 15 is 0 Å². The Morgan fingerprint density at radius 1 is 1.61 bits per heavy atom. The van der Waals surface area contributed by atoms with Crippen molar-refractivity contribution in [1.82, 2.24) is 9.97 Å². The van der Waals surface area contributed by atoms with Crippen molar-refractivity contribution in [1.29, 1.82) is 0 Å². The molecule has 1 aromatic rings. The van der Waals surface area contributed by atoms with E-state index in [0.29, 0.717) is 31.0 Å². The molecule has 3 N–H and O–H groups in total. The summed E-state index contributed by atoms with van der Waals surface area (Å²) in [4.78, 5) is 28.6. The molecule has 0 saturated carbocycles. The van der Waals surface area contributed by atoms with E-state index in [1.807, 2.05) is 13.8 Å². The summed E-state index contributed by atoms with van der Waals surface area (Å²) in [5.74, 6) is 0.609. The first-order chi connectivity index (χ1) is 8.51. The minimum atomic E-state index is -0.788. The molecule has 6 nitrogen and oxygen atoms in total. The van der Waals surface area contributed by atoms with Gasteiger partial charge in [0.15, 0.2) is 0 Å². The van der Waals surface area contributed by atoms with Gasteiger partial charge in [-0.3, -0.25) is 9.59 Å². The maximum Gasteiger partial charge on any atom is 0.303 e. The van der Waals surface area contributed by atoms with Gasteiger partial charge < -0.3 is 15.4 Å². The number of anilines is 1. The van der Waals surface area contributed by atoms with E-state index in [0.717, 1.165) is 0 Å². The smallest absolute Gasteiger partial charge is 0.303 e. The number of aliphatic carboxylic acids is 1. The Balaban J connectivity index is 2.50. The molecular formula is C12H19N3O3. The second-order valence-corrected chi connectivity index (χ2v) is 4.35. The fraction of sp³-hybridized carbons (Fsp3) is 0.583. The van der Waals surface area contributed by atoms with E-state index in [1.165, 1.54) is 6.07 Å². The fourth-order valence-corrected chi connectivity index (χ4v) is 1.52. The molecule has 0 fully saturated rings. The standard InChI is InChI=1S/C12H19N3O3/c1-3-9-14-10(6-11(16)15-9)13-7-8(2)4-5-12(17)18/h6,8H,3-5,7H2,1-2H3,(H,17,18)(H2,13,14,15,16). The molecule has 18 heavy (non-hydrogen) atoms. The molecule has 6 heteroatoms. The van der Waals surface area contributed by atoms with Gasteiger partial charge in [-0.25, -0.2) is 4.98 Å². The lowest BCUT2D eigenvalue weighted by Gasteiger charge is -2.12. The summed E-state index contributed by atoms with van der Waals surface area (Å²) in [6.45, 7) is 4.48. The minimum Gasteiger partial charge on any atom is -0.481 e. The van der Waals surface area contributed by atoms with Crippen LogP contribution in [0.5, 0.6) is 0 Å². The zero-order valence-corrected chi connectivity index (χ0v) is 10.7. The van der Waals surface area contributed by atoms with E-state index < -0.39 is 5.97 Å². The first-order valence-electron chi connectivity index (χ1n) is 6.07. The molecule has 0 aliphatic heterocycles. The topological polar surface area (TPSA) is 95.1 Å². The lowest BCUT2D eigenvalue weighted by Crippen LogP contribution is -2.17. The summed E-state index contributed by atoms with van der Waals surface area (Å²) >= 11 is 0. The molecule has 0 radical (unpaired) electrons. The molecule has 0 aliphatic rings. The molecule has 0 saturated heterocycles. The van der Waals surface area contributed by atoms with Gasteiger partial charge in [0.2, 0.25) is 0 Å². The number of carboxylic acids is 1. The van der Waals surface area contributed by atoms with Crippen LogP contribution >= 0.6 is 0 Å². The highest BCUT2D eigenvalue weighted by atomic mass is 16.4. The SMILES string of the molecule is CCc1nc(NCC(C)CCC(=O)O)cc(=O)[nH]1. The molecule has 1 unspecified atom stereocenters. The highest BCUT2D eigenvalue weighted by Gasteiger charge is 2.06. The third-order valence-electron chi connectivity index (χ3n) is 2.61. The lowest BCUT2D eigenvalue weighted by molar-refractivity contribution is -0.137. The predicted octanol–water partition coefficient (Wildman–Crippen LogP) is 1.25. The number of carboxylic acid groups (broad SMARTS) is 1. The highest BCUT2D eigenvalue weighted by molar-refractivity contribution is 5.66. The van der Waals surface area contributed by atoms with Crippen molar-refractivity contribution in [2.75, 3.05) is 11.9 Å². The fourth-order valence-electron chi connectivity index (χ4n) is 1.52. The highest BCUT2D eigenvalue weighted by Crippen LogP contribution is 2.07. The van der Waals surface area contributed by atoms with Crippen molar-refractivity contribution in [3.8, 4) is 0 Å². The second kappa shape index (κ2) is 6.78. The summed E-state index contributed by atoms with van der Waals surface area (Å²) in [5.41, 5.74) is -0.178. The average Bonchev–Trinajstić information content (AvgIpc) is 2.33. The van der Waals surface area contributed by atoms with Crippen molar-refractivity contribution in [2.45, 2.75) is 33.1 Å². The van der Waals surface area contributed by atoms with Crippen LogP contribution < -0.4 is 10.9 Å². The second-order valence-electron chi connectivity index (χ2n) is 4.35. The molecule has 0 amide bonds. The zero-order valence-electron chi connectivity index (χ0n) is 10.7. The molecule has 0 aromatic carbocycles. The van der Waals surface area contributed by atoms with Crippen LogP contribution in [0.3, 0.4) is 0 Å². The van der Waals surface area contributed by atoms with Gasteiger partial charge in [0, 0.05) is 25.5 Å². The molecule has 1 atom stereocenters. The minimum absolute atomic E-state index is 0.159. The molecule has 0 spiro atoms. The molecule has 1 heterocycles. The van der Waals surface area contributed by atoms with Crippen LogP contribution in [-0.4, -0.2) is 27.6 Å². The Morgan fingerprint density at radius 3 is 2.94 bits per heavy atom. The Bertz CT molecular complexity index is 456. The summed E-state index contributed by atoms with van der Waals surface area (Å²) in [7, 11) is 0. The molecule has 0 aliphatic carbocycles. The van der Waals surface area contributed by atoms with E-state index in [4.69, 9.17) is 5.11 Å². The van der Waals surface area contributed by atoms with Gasteiger partial charge >= 0.3 is 5.97 Å². The van der Waals surface area contributed by atoms with Gasteiger partial charge in [-0.05, 0) is 12.3 Å². The normalized spacial score (nSPS) is 12.1. The van der Waals surface area contributed by atoms with Crippen molar-refractivity contribution >= 4 is 11.8 Å². The van der Waals surface area contributed by atoms with Gasteiger partial charge in [0.1, 0.15) is 11.6 Å². The summed E-state index contributed by atoms with van der Waals surface area (Å²) < 4.78 is 0. The number of aryl methyl sites for hydroxylation is 1. The Morgan fingerprint density at radius 2 is 2.33 bits per heavy atom. The number of hydrogen-bond acceptors (Lipinski definition) is 4. The van der Waals surface area contributed by atoms with E-state index in [-0.39, 0.29) is 17.9 Å². The maximum absolute atomic E-state index is 11.3. The number of hydrogen-bond donors (Lipinski definition) is 3. The summed E-state index contributed by atoms with van der Waals surface area (Å²) in [5, 5.41) is 11.6. The molecule has 1 rings (SSSR count). The van der Waals surface area contributed by atoms with Crippen LogP contribution in [0.2, 0.25) is 0 Å². The Labute approximate surface area is 105 Å². The van der Waals surface area contributed by atoms with Crippen molar-refractivity contribution in [3.63, 3.8) is 0 Å². The maximum atomic E-state index is 11.3. The van der Waals surface area contributed by atoms with Gasteiger partial charge in [-0.1, -0.05) is 13.8 Å². The van der Waals surface area contributed by atoms with Crippen LogP contribution in [0.4, 0.5) is 5.82 Å². The van der Waals surface area contributed by atoms with Crippen LogP contribution in [0.15, 0.2) is 10.9 Å². The number of nitrogens with one attached hydrogen (secondary N) is 2. The van der Waals surface area contributed by atoms with E-state index in [9.17, 15) is 9.59 Å².